The minimum absolute atomic E-state index is 0.460. The van der Waals surface area contributed by atoms with Gasteiger partial charge in [0.1, 0.15) is 5.54 Å². The molecule has 1 aromatic rings. The lowest BCUT2D eigenvalue weighted by molar-refractivity contribution is -0.124. The quantitative estimate of drug-likeness (QED) is 0.791. The molecular weight excluding hydrogens is 250 g/mol. The molecule has 0 saturated heterocycles. The molecule has 1 unspecified atom stereocenters. The fourth-order valence-corrected chi connectivity index (χ4v) is 2.62. The topological polar surface area (TPSA) is 72.3 Å². The molecule has 2 rings (SSSR count). The van der Waals surface area contributed by atoms with Crippen LogP contribution in [0.2, 0.25) is 0 Å². The minimum atomic E-state index is -1.11. The monoisotopic (exact) mass is 275 g/mol. The molecule has 4 nitrogen and oxygen atoms in total. The summed E-state index contributed by atoms with van der Waals surface area (Å²) >= 11 is 0. The number of hydrogen-bond donors (Lipinski definition) is 2. The summed E-state index contributed by atoms with van der Waals surface area (Å²) in [6.07, 6.45) is 2.38. The van der Waals surface area contributed by atoms with E-state index in [9.17, 15) is 4.79 Å². The molecule has 4 heteroatoms. The number of nitrogens with two attached hydrogens (primary N) is 2. The van der Waals surface area contributed by atoms with E-state index >= 15 is 0 Å². The molecule has 1 saturated carbocycles. The fourth-order valence-electron chi connectivity index (χ4n) is 2.62. The summed E-state index contributed by atoms with van der Waals surface area (Å²) in [4.78, 5) is 14.3. The molecule has 0 spiro atoms. The van der Waals surface area contributed by atoms with Crippen molar-refractivity contribution < 1.29 is 4.79 Å². The third-order valence-electron chi connectivity index (χ3n) is 3.84. The second-order valence-electron chi connectivity index (χ2n) is 6.26. The van der Waals surface area contributed by atoms with Crippen molar-refractivity contribution in [2.75, 3.05) is 13.1 Å². The van der Waals surface area contributed by atoms with E-state index in [1.165, 1.54) is 12.8 Å². The summed E-state index contributed by atoms with van der Waals surface area (Å²) in [6, 6.07) is 10.0. The molecule has 1 aromatic carbocycles. The van der Waals surface area contributed by atoms with Crippen LogP contribution in [-0.4, -0.2) is 29.9 Å². The van der Waals surface area contributed by atoms with E-state index < -0.39 is 11.4 Å². The molecule has 0 bridgehead atoms. The first-order chi connectivity index (χ1) is 9.43. The molecule has 1 atom stereocenters. The Morgan fingerprint density at radius 2 is 1.95 bits per heavy atom. The Labute approximate surface area is 121 Å². The summed E-state index contributed by atoms with van der Waals surface area (Å²) < 4.78 is 0. The molecule has 1 aliphatic rings. The van der Waals surface area contributed by atoms with Gasteiger partial charge < -0.3 is 11.5 Å². The molecule has 1 fully saturated rings. The van der Waals surface area contributed by atoms with Crippen LogP contribution >= 0.6 is 0 Å². The SMILES string of the molecule is CC(C)CN(CC(N)(C(N)=O)c1ccccc1)C1CC1. The van der Waals surface area contributed by atoms with Crippen LogP contribution < -0.4 is 11.5 Å². The third kappa shape index (κ3) is 3.38. The fraction of sp³-hybridized carbons (Fsp3) is 0.562. The van der Waals surface area contributed by atoms with E-state index in [1.807, 2.05) is 30.3 Å². The number of carbonyl (C=O) groups is 1. The van der Waals surface area contributed by atoms with Gasteiger partial charge in [-0.15, -0.1) is 0 Å². The average molecular weight is 275 g/mol. The van der Waals surface area contributed by atoms with Crippen LogP contribution in [-0.2, 0) is 10.3 Å². The molecule has 110 valence electrons. The van der Waals surface area contributed by atoms with Crippen LogP contribution in [0.15, 0.2) is 30.3 Å². The van der Waals surface area contributed by atoms with Gasteiger partial charge in [0.25, 0.3) is 0 Å². The number of carbonyl (C=O) groups excluding carboxylic acids is 1. The number of amides is 1. The zero-order valence-electron chi connectivity index (χ0n) is 12.4. The van der Waals surface area contributed by atoms with Crippen LogP contribution in [0.1, 0.15) is 32.3 Å². The maximum Gasteiger partial charge on any atom is 0.243 e. The van der Waals surface area contributed by atoms with Crippen LogP contribution in [0, 0.1) is 5.92 Å². The van der Waals surface area contributed by atoms with Gasteiger partial charge in [-0.3, -0.25) is 9.69 Å². The molecule has 0 radical (unpaired) electrons. The van der Waals surface area contributed by atoms with Gasteiger partial charge >= 0.3 is 0 Å². The Morgan fingerprint density at radius 3 is 2.40 bits per heavy atom. The molecule has 0 aliphatic heterocycles. The number of primary amides is 1. The predicted octanol–water partition coefficient (Wildman–Crippen LogP) is 1.45. The molecule has 0 heterocycles. The lowest BCUT2D eigenvalue weighted by Gasteiger charge is -2.34. The van der Waals surface area contributed by atoms with E-state index in [-0.39, 0.29) is 0 Å². The van der Waals surface area contributed by atoms with Gasteiger partial charge in [-0.2, -0.15) is 0 Å². The Balaban J connectivity index is 2.22. The van der Waals surface area contributed by atoms with Gasteiger partial charge in [0, 0.05) is 19.1 Å². The third-order valence-corrected chi connectivity index (χ3v) is 3.84. The van der Waals surface area contributed by atoms with Gasteiger partial charge in [0.15, 0.2) is 0 Å². The number of hydrogen-bond acceptors (Lipinski definition) is 3. The van der Waals surface area contributed by atoms with Crippen LogP contribution in [0.3, 0.4) is 0 Å². The van der Waals surface area contributed by atoms with Crippen molar-refractivity contribution in [3.63, 3.8) is 0 Å². The molecule has 1 amide bonds. The number of nitrogens with zero attached hydrogens (tertiary/aromatic N) is 1. The first-order valence-electron chi connectivity index (χ1n) is 7.32. The van der Waals surface area contributed by atoms with Gasteiger partial charge in [-0.05, 0) is 24.3 Å². The van der Waals surface area contributed by atoms with Gasteiger partial charge in [-0.25, -0.2) is 0 Å². The molecule has 1 aliphatic carbocycles. The largest absolute Gasteiger partial charge is 0.368 e. The number of benzene rings is 1. The second kappa shape index (κ2) is 5.94. The van der Waals surface area contributed by atoms with Crippen molar-refractivity contribution in [1.82, 2.24) is 4.90 Å². The van der Waals surface area contributed by atoms with E-state index in [4.69, 9.17) is 11.5 Å². The average Bonchev–Trinajstić information content (AvgIpc) is 3.22. The first kappa shape index (κ1) is 15.0. The van der Waals surface area contributed by atoms with E-state index in [2.05, 4.69) is 18.7 Å². The number of rotatable bonds is 7. The summed E-state index contributed by atoms with van der Waals surface area (Å²) in [5.74, 6) is 0.0848. The Bertz CT molecular complexity index is 456. The lowest BCUT2D eigenvalue weighted by atomic mass is 9.89. The predicted molar refractivity (Wildman–Crippen MR) is 80.9 cm³/mol. The first-order valence-corrected chi connectivity index (χ1v) is 7.32. The van der Waals surface area contributed by atoms with Crippen molar-refractivity contribution in [2.24, 2.45) is 17.4 Å². The summed E-state index contributed by atoms with van der Waals surface area (Å²) in [7, 11) is 0. The highest BCUT2D eigenvalue weighted by Gasteiger charge is 2.40. The Morgan fingerprint density at radius 1 is 1.35 bits per heavy atom. The Hall–Kier alpha value is -1.39. The van der Waals surface area contributed by atoms with Crippen LogP contribution in [0.5, 0.6) is 0 Å². The standard InChI is InChI=1S/C16H25N3O/c1-12(2)10-19(14-8-9-14)11-16(18,15(17)20)13-6-4-3-5-7-13/h3-7,12,14H,8-11,18H2,1-2H3,(H2,17,20). The van der Waals surface area contributed by atoms with Gasteiger partial charge in [0.2, 0.25) is 5.91 Å². The molecule has 4 N–H and O–H groups in total. The zero-order valence-corrected chi connectivity index (χ0v) is 12.4. The van der Waals surface area contributed by atoms with Crippen molar-refractivity contribution in [2.45, 2.75) is 38.3 Å². The second-order valence-corrected chi connectivity index (χ2v) is 6.26. The van der Waals surface area contributed by atoms with Crippen molar-refractivity contribution in [1.29, 1.82) is 0 Å². The maximum absolute atomic E-state index is 12.0. The Kier molecular flexibility index (Phi) is 4.45. The van der Waals surface area contributed by atoms with E-state index in [0.717, 1.165) is 12.1 Å². The summed E-state index contributed by atoms with van der Waals surface area (Å²) in [5, 5.41) is 0. The zero-order chi connectivity index (χ0) is 14.8. The van der Waals surface area contributed by atoms with Crippen LogP contribution in [0.4, 0.5) is 0 Å². The molecule has 20 heavy (non-hydrogen) atoms. The van der Waals surface area contributed by atoms with Crippen LogP contribution in [0.25, 0.3) is 0 Å². The van der Waals surface area contributed by atoms with Crippen molar-refractivity contribution in [3.8, 4) is 0 Å². The summed E-state index contributed by atoms with van der Waals surface area (Å²) in [6.45, 7) is 5.81. The lowest BCUT2D eigenvalue weighted by Crippen LogP contribution is -2.57. The summed E-state index contributed by atoms with van der Waals surface area (Å²) in [5.41, 5.74) is 11.7. The van der Waals surface area contributed by atoms with Crippen molar-refractivity contribution in [3.05, 3.63) is 35.9 Å². The van der Waals surface area contributed by atoms with E-state index in [0.29, 0.717) is 18.5 Å². The van der Waals surface area contributed by atoms with E-state index in [1.54, 1.807) is 0 Å². The van der Waals surface area contributed by atoms with Crippen molar-refractivity contribution >= 4 is 5.91 Å². The molecule has 0 aromatic heterocycles. The van der Waals surface area contributed by atoms with Gasteiger partial charge in [-0.1, -0.05) is 44.2 Å². The highest BCUT2D eigenvalue weighted by molar-refractivity contribution is 5.86. The minimum Gasteiger partial charge on any atom is -0.368 e. The smallest absolute Gasteiger partial charge is 0.243 e. The molecular formula is C16H25N3O. The highest BCUT2D eigenvalue weighted by Crippen LogP contribution is 2.30. The normalized spacial score (nSPS) is 18.2. The van der Waals surface area contributed by atoms with Gasteiger partial charge in [0.05, 0.1) is 0 Å². The highest BCUT2D eigenvalue weighted by atomic mass is 16.1. The maximum atomic E-state index is 12.0.